The Bertz CT molecular complexity index is 1610. The van der Waals surface area contributed by atoms with Crippen LogP contribution in [0.2, 0.25) is 0 Å². The van der Waals surface area contributed by atoms with E-state index in [0.717, 1.165) is 23.7 Å². The Morgan fingerprint density at radius 2 is 1.92 bits per heavy atom. The topological polar surface area (TPSA) is 93.2 Å². The number of carbonyl (C=O) groups excluding carboxylic acids is 1. The van der Waals surface area contributed by atoms with Crippen LogP contribution in [-0.2, 0) is 7.05 Å². The van der Waals surface area contributed by atoms with Crippen molar-refractivity contribution in [3.05, 3.63) is 89.8 Å². The third-order valence-electron chi connectivity index (χ3n) is 6.56. The number of fused-ring (bicyclic) bond motifs is 1. The first-order valence-electron chi connectivity index (χ1n) is 11.8. The summed E-state index contributed by atoms with van der Waals surface area (Å²) in [5, 5.41) is 19.2. The number of aromatic nitrogens is 6. The fourth-order valence-electron chi connectivity index (χ4n) is 4.79. The molecule has 0 aliphatic carbocycles. The van der Waals surface area contributed by atoms with Gasteiger partial charge in [-0.25, -0.2) is 13.3 Å². The molecule has 37 heavy (non-hydrogen) atoms. The summed E-state index contributed by atoms with van der Waals surface area (Å²) in [5.41, 5.74) is 3.55. The summed E-state index contributed by atoms with van der Waals surface area (Å²) in [6.07, 6.45) is 4.83. The number of amides is 1. The van der Waals surface area contributed by atoms with Gasteiger partial charge < -0.3 is 10.2 Å². The molecule has 1 aliphatic heterocycles. The van der Waals surface area contributed by atoms with Crippen molar-refractivity contribution in [1.82, 2.24) is 29.8 Å². The summed E-state index contributed by atoms with van der Waals surface area (Å²) in [5.74, 6) is -0.708. The van der Waals surface area contributed by atoms with Crippen molar-refractivity contribution in [1.29, 1.82) is 0 Å². The van der Waals surface area contributed by atoms with Crippen molar-refractivity contribution in [3.8, 4) is 11.4 Å². The predicted octanol–water partition coefficient (Wildman–Crippen LogP) is 4.40. The number of pyridine rings is 1. The molecule has 6 rings (SSSR count). The lowest BCUT2D eigenvalue weighted by Gasteiger charge is -2.27. The monoisotopic (exact) mass is 500 g/mol. The number of anilines is 2. The maximum atomic E-state index is 14.5. The highest BCUT2D eigenvalue weighted by Gasteiger charge is 2.29. The van der Waals surface area contributed by atoms with Crippen molar-refractivity contribution in [2.75, 3.05) is 16.8 Å². The molecule has 1 aliphatic rings. The van der Waals surface area contributed by atoms with Crippen LogP contribution in [0, 0.1) is 11.6 Å². The average Bonchev–Trinajstić information content (AvgIpc) is 3.65. The maximum absolute atomic E-state index is 14.5. The van der Waals surface area contributed by atoms with E-state index < -0.39 is 11.6 Å². The molecular weight excluding hydrogens is 478 g/mol. The fraction of sp³-hybridized carbons (Fsp3) is 0.192. The number of halogens is 2. The minimum absolute atomic E-state index is 0.291. The highest BCUT2D eigenvalue weighted by Crippen LogP contribution is 2.38. The number of nitrogens with one attached hydrogen (secondary N) is 1. The Hall–Kier alpha value is -4.67. The van der Waals surface area contributed by atoms with Gasteiger partial charge in [-0.1, -0.05) is 0 Å². The van der Waals surface area contributed by atoms with E-state index in [1.54, 1.807) is 42.0 Å². The lowest BCUT2D eigenvalue weighted by atomic mass is 10.0. The van der Waals surface area contributed by atoms with Gasteiger partial charge in [-0.2, -0.15) is 9.90 Å². The van der Waals surface area contributed by atoms with E-state index in [-0.39, 0.29) is 11.9 Å². The predicted molar refractivity (Wildman–Crippen MR) is 133 cm³/mol. The van der Waals surface area contributed by atoms with Gasteiger partial charge in [-0.15, -0.1) is 10.2 Å². The van der Waals surface area contributed by atoms with Crippen molar-refractivity contribution in [2.45, 2.75) is 18.9 Å². The molecule has 0 radical (unpaired) electrons. The smallest absolute Gasteiger partial charge is 0.259 e. The van der Waals surface area contributed by atoms with Crippen LogP contribution in [0.25, 0.3) is 16.9 Å². The molecule has 1 saturated heterocycles. The summed E-state index contributed by atoms with van der Waals surface area (Å²) in [6.45, 7) is 0.694. The number of tetrazole rings is 1. The van der Waals surface area contributed by atoms with Gasteiger partial charge in [0.05, 0.1) is 30.4 Å². The highest BCUT2D eigenvalue weighted by atomic mass is 19.1. The summed E-state index contributed by atoms with van der Waals surface area (Å²) >= 11 is 0. The molecule has 9 nitrogen and oxygen atoms in total. The minimum Gasteiger partial charge on any atom is -0.364 e. The number of hydrogen-bond donors (Lipinski definition) is 1. The Labute approximate surface area is 210 Å². The van der Waals surface area contributed by atoms with Crippen LogP contribution in [0.5, 0.6) is 0 Å². The quantitative estimate of drug-likeness (QED) is 0.385. The molecule has 4 heterocycles. The first kappa shape index (κ1) is 22.8. The number of rotatable bonds is 5. The van der Waals surface area contributed by atoms with Gasteiger partial charge in [0.25, 0.3) is 5.91 Å². The first-order chi connectivity index (χ1) is 18.0. The Balaban J connectivity index is 1.26. The second kappa shape index (κ2) is 9.08. The Morgan fingerprint density at radius 3 is 2.70 bits per heavy atom. The molecule has 1 unspecified atom stereocenters. The molecule has 1 atom stereocenters. The summed E-state index contributed by atoms with van der Waals surface area (Å²) < 4.78 is 30.0. The molecule has 3 aromatic heterocycles. The fourth-order valence-corrected chi connectivity index (χ4v) is 4.79. The lowest BCUT2D eigenvalue weighted by Crippen LogP contribution is -2.23. The lowest BCUT2D eigenvalue weighted by molar-refractivity contribution is 0.102. The van der Waals surface area contributed by atoms with Crippen LogP contribution in [0.4, 0.5) is 20.2 Å². The van der Waals surface area contributed by atoms with E-state index in [9.17, 15) is 13.6 Å². The largest absolute Gasteiger partial charge is 0.364 e. The van der Waals surface area contributed by atoms with Gasteiger partial charge in [-0.3, -0.25) is 4.79 Å². The van der Waals surface area contributed by atoms with E-state index >= 15 is 0 Å². The van der Waals surface area contributed by atoms with E-state index in [0.29, 0.717) is 41.1 Å². The summed E-state index contributed by atoms with van der Waals surface area (Å²) in [7, 11) is 1.69. The zero-order chi connectivity index (χ0) is 25.5. The molecule has 1 N–H and O–H groups in total. The number of aryl methyl sites for hydroxylation is 1. The van der Waals surface area contributed by atoms with Crippen LogP contribution in [-0.4, -0.2) is 42.3 Å². The van der Waals surface area contributed by atoms with Gasteiger partial charge in [-0.05, 0) is 72.7 Å². The van der Waals surface area contributed by atoms with E-state index in [1.807, 2.05) is 17.0 Å². The van der Waals surface area contributed by atoms with Gasteiger partial charge in [0.1, 0.15) is 11.6 Å². The third kappa shape index (κ3) is 4.28. The van der Waals surface area contributed by atoms with E-state index in [2.05, 4.69) is 25.8 Å². The molecule has 0 spiro atoms. The van der Waals surface area contributed by atoms with Crippen LogP contribution in [0.1, 0.15) is 34.8 Å². The molecule has 11 heteroatoms. The molecule has 5 aromatic rings. The normalized spacial score (nSPS) is 15.4. The molecule has 0 bridgehead atoms. The molecule has 2 aromatic carbocycles. The highest BCUT2D eigenvalue weighted by molar-refractivity contribution is 6.09. The Kier molecular flexibility index (Phi) is 5.59. The van der Waals surface area contributed by atoms with Gasteiger partial charge in [0, 0.05) is 35.2 Å². The number of hydrogen-bond acceptors (Lipinski definition) is 6. The summed E-state index contributed by atoms with van der Waals surface area (Å²) in [4.78, 5) is 16.6. The van der Waals surface area contributed by atoms with Crippen LogP contribution < -0.4 is 10.2 Å². The molecule has 186 valence electrons. The summed E-state index contributed by atoms with van der Waals surface area (Å²) in [6, 6.07) is 14.1. The van der Waals surface area contributed by atoms with E-state index in [4.69, 9.17) is 0 Å². The number of benzene rings is 2. The van der Waals surface area contributed by atoms with Crippen LogP contribution >= 0.6 is 0 Å². The second-order valence-electron chi connectivity index (χ2n) is 8.92. The number of carbonyl (C=O) groups is 1. The SMILES string of the molecule is Cn1nnc(-c2ccc(NC(=O)c3cnn4ccc(N5CCCC5c5cc(F)ccc5F)cc34)cc2)n1. The van der Waals surface area contributed by atoms with E-state index in [1.165, 1.54) is 23.1 Å². The molecule has 1 amide bonds. The van der Waals surface area contributed by atoms with Crippen molar-refractivity contribution in [2.24, 2.45) is 7.05 Å². The molecular formula is C26H22F2N8O. The zero-order valence-corrected chi connectivity index (χ0v) is 19.8. The number of nitrogens with zero attached hydrogens (tertiary/aromatic N) is 7. The van der Waals surface area contributed by atoms with Gasteiger partial charge in [0.2, 0.25) is 5.82 Å². The van der Waals surface area contributed by atoms with Crippen LogP contribution in [0.3, 0.4) is 0 Å². The zero-order valence-electron chi connectivity index (χ0n) is 19.8. The first-order valence-corrected chi connectivity index (χ1v) is 11.8. The average molecular weight is 501 g/mol. The molecule has 1 fully saturated rings. The van der Waals surface area contributed by atoms with Crippen molar-refractivity contribution >= 4 is 22.8 Å². The molecule has 0 saturated carbocycles. The van der Waals surface area contributed by atoms with Gasteiger partial charge in [0.15, 0.2) is 0 Å². The second-order valence-corrected chi connectivity index (χ2v) is 8.92. The Morgan fingerprint density at radius 1 is 1.08 bits per heavy atom. The maximum Gasteiger partial charge on any atom is 0.259 e. The van der Waals surface area contributed by atoms with Crippen LogP contribution in [0.15, 0.2) is 67.0 Å². The van der Waals surface area contributed by atoms with Crippen molar-refractivity contribution < 1.29 is 13.6 Å². The standard InChI is InChI=1S/C26H22F2N8O/c1-34-32-25(31-33-34)16-4-7-18(8-5-16)30-26(37)21-15-29-36-12-10-19(14-24(21)36)35-11-2-3-23(35)20-13-17(27)6-9-22(20)28/h4-10,12-15,23H,2-3,11H2,1H3,(H,30,37). The third-order valence-corrected chi connectivity index (χ3v) is 6.56. The minimum atomic E-state index is -0.463. The van der Waals surface area contributed by atoms with Gasteiger partial charge >= 0.3 is 0 Å². The van der Waals surface area contributed by atoms with Crippen molar-refractivity contribution in [3.63, 3.8) is 0 Å².